The predicted molar refractivity (Wildman–Crippen MR) is 56.0 cm³/mol. The normalized spacial score (nSPS) is 12.3. The Hall–Kier alpha value is -1.18. The van der Waals surface area contributed by atoms with E-state index in [1.165, 1.54) is 12.1 Å². The quantitative estimate of drug-likeness (QED) is 0.618. The molecule has 1 aromatic carbocycles. The number of ether oxygens (including phenoxy) is 1. The summed E-state index contributed by atoms with van der Waals surface area (Å²) in [7, 11) is 0. The number of hydrogen-bond donors (Lipinski definition) is 0. The van der Waals surface area contributed by atoms with Gasteiger partial charge in [0, 0.05) is 4.47 Å². The van der Waals surface area contributed by atoms with Crippen LogP contribution in [0.2, 0.25) is 0 Å². The first-order chi connectivity index (χ1) is 8.17. The number of alkyl halides is 5. The lowest BCUT2D eigenvalue weighted by atomic mass is 10.2. The molecule has 100 valence electrons. The van der Waals surface area contributed by atoms with E-state index in [-0.39, 0.29) is 11.3 Å². The Kier molecular flexibility index (Phi) is 4.31. The maximum atomic E-state index is 12.6. The van der Waals surface area contributed by atoms with Gasteiger partial charge in [-0.05, 0) is 18.2 Å². The summed E-state index contributed by atoms with van der Waals surface area (Å²) < 4.78 is 65.6. The molecule has 0 aromatic heterocycles. The number of benzene rings is 1. The molecule has 0 N–H and O–H groups in total. The molecule has 0 saturated heterocycles. The summed E-state index contributed by atoms with van der Waals surface area (Å²) in [5.41, 5.74) is -0.123. The van der Waals surface area contributed by atoms with E-state index in [4.69, 9.17) is 0 Å². The fourth-order valence-corrected chi connectivity index (χ4v) is 1.37. The average molecular weight is 333 g/mol. The summed E-state index contributed by atoms with van der Waals surface area (Å²) in [5.74, 6) is -5.31. The van der Waals surface area contributed by atoms with Gasteiger partial charge in [0.05, 0.1) is 5.56 Å². The van der Waals surface area contributed by atoms with Crippen molar-refractivity contribution in [2.75, 3.05) is 6.61 Å². The first-order valence-corrected chi connectivity index (χ1v) is 5.29. The molecule has 0 radical (unpaired) electrons. The molecule has 0 heterocycles. The van der Waals surface area contributed by atoms with Crippen molar-refractivity contribution in [2.24, 2.45) is 0 Å². The van der Waals surface area contributed by atoms with Crippen molar-refractivity contribution >= 4 is 22.2 Å². The fourth-order valence-electron chi connectivity index (χ4n) is 0.993. The van der Waals surface area contributed by atoms with Crippen LogP contribution < -0.4 is 4.74 Å². The van der Waals surface area contributed by atoms with Crippen LogP contribution in [-0.2, 0) is 0 Å². The largest absolute Gasteiger partial charge is 0.486 e. The highest BCUT2D eigenvalue weighted by Gasteiger charge is 2.58. The molecular weight excluding hydrogens is 327 g/mol. The van der Waals surface area contributed by atoms with Crippen LogP contribution in [0.3, 0.4) is 0 Å². The Balaban J connectivity index is 2.84. The highest BCUT2D eigenvalue weighted by Crippen LogP contribution is 2.36. The van der Waals surface area contributed by atoms with Gasteiger partial charge >= 0.3 is 12.1 Å². The first kappa shape index (κ1) is 14.9. The summed E-state index contributed by atoms with van der Waals surface area (Å²) in [6.45, 7) is -1.88. The first-order valence-electron chi connectivity index (χ1n) is 4.49. The van der Waals surface area contributed by atoms with E-state index in [1.54, 1.807) is 0 Å². The molecule has 1 rings (SSSR count). The Labute approximate surface area is 107 Å². The predicted octanol–water partition coefficient (Wildman–Crippen LogP) is 3.84. The van der Waals surface area contributed by atoms with E-state index in [9.17, 15) is 26.7 Å². The Morgan fingerprint density at radius 2 is 1.83 bits per heavy atom. The zero-order valence-electron chi connectivity index (χ0n) is 8.60. The molecule has 0 aliphatic carbocycles. The van der Waals surface area contributed by atoms with Crippen LogP contribution in [0.5, 0.6) is 5.75 Å². The highest BCUT2D eigenvalue weighted by molar-refractivity contribution is 9.10. The van der Waals surface area contributed by atoms with Crippen LogP contribution >= 0.6 is 15.9 Å². The molecule has 0 aliphatic heterocycles. The van der Waals surface area contributed by atoms with Gasteiger partial charge in [0.15, 0.2) is 12.9 Å². The molecule has 2 nitrogen and oxygen atoms in total. The van der Waals surface area contributed by atoms with Crippen molar-refractivity contribution in [1.29, 1.82) is 0 Å². The maximum absolute atomic E-state index is 12.6. The molecule has 0 aliphatic rings. The van der Waals surface area contributed by atoms with Gasteiger partial charge in [-0.3, -0.25) is 4.79 Å². The minimum absolute atomic E-state index is 0.123. The molecule has 0 saturated carbocycles. The molecule has 0 unspecified atom stereocenters. The molecule has 0 bridgehead atoms. The molecule has 0 amide bonds. The van der Waals surface area contributed by atoms with Gasteiger partial charge in [0.2, 0.25) is 0 Å². The molecule has 8 heteroatoms. The van der Waals surface area contributed by atoms with Gasteiger partial charge in [-0.25, -0.2) is 0 Å². The van der Waals surface area contributed by atoms with Crippen LogP contribution in [0.15, 0.2) is 22.7 Å². The van der Waals surface area contributed by atoms with Gasteiger partial charge in [-0.15, -0.1) is 0 Å². The Bertz CT molecular complexity index is 444. The molecule has 0 fully saturated rings. The number of carbonyl (C=O) groups excluding carboxylic acids is 1. The molecule has 18 heavy (non-hydrogen) atoms. The summed E-state index contributed by atoms with van der Waals surface area (Å²) in [6.07, 6.45) is -5.39. The minimum Gasteiger partial charge on any atom is -0.486 e. The molecule has 0 spiro atoms. The molecular formula is C10H6BrF5O2. The SMILES string of the molecule is O=Cc1cc(Br)ccc1OCC(F)(F)C(F)(F)F. The van der Waals surface area contributed by atoms with E-state index >= 15 is 0 Å². The van der Waals surface area contributed by atoms with Gasteiger partial charge in [-0.2, -0.15) is 22.0 Å². The van der Waals surface area contributed by atoms with Crippen LogP contribution in [0, 0.1) is 0 Å². The van der Waals surface area contributed by atoms with Gasteiger partial charge in [0.1, 0.15) is 5.75 Å². The molecule has 1 aromatic rings. The van der Waals surface area contributed by atoms with Crippen molar-refractivity contribution in [3.8, 4) is 5.75 Å². The Morgan fingerprint density at radius 1 is 1.22 bits per heavy atom. The van der Waals surface area contributed by atoms with E-state index in [1.807, 2.05) is 0 Å². The van der Waals surface area contributed by atoms with Crippen molar-refractivity contribution in [3.63, 3.8) is 0 Å². The van der Waals surface area contributed by atoms with E-state index < -0.39 is 18.7 Å². The minimum atomic E-state index is -5.69. The zero-order valence-corrected chi connectivity index (χ0v) is 10.2. The number of hydrogen-bond acceptors (Lipinski definition) is 2. The Morgan fingerprint density at radius 3 is 2.33 bits per heavy atom. The summed E-state index contributed by atoms with van der Waals surface area (Å²) >= 11 is 3.02. The van der Waals surface area contributed by atoms with E-state index in [2.05, 4.69) is 20.7 Å². The topological polar surface area (TPSA) is 26.3 Å². The number of aldehydes is 1. The van der Waals surface area contributed by atoms with Crippen molar-refractivity contribution in [3.05, 3.63) is 28.2 Å². The monoisotopic (exact) mass is 332 g/mol. The number of halogens is 6. The second-order valence-electron chi connectivity index (χ2n) is 3.29. The van der Waals surface area contributed by atoms with E-state index in [0.717, 1.165) is 6.07 Å². The second-order valence-corrected chi connectivity index (χ2v) is 4.21. The van der Waals surface area contributed by atoms with Crippen LogP contribution in [-0.4, -0.2) is 25.0 Å². The maximum Gasteiger partial charge on any atom is 0.456 e. The smallest absolute Gasteiger partial charge is 0.456 e. The lowest BCUT2D eigenvalue weighted by Crippen LogP contribution is -2.41. The highest BCUT2D eigenvalue weighted by atomic mass is 79.9. The third-order valence-electron chi connectivity index (χ3n) is 1.92. The molecule has 0 atom stereocenters. The van der Waals surface area contributed by atoms with Gasteiger partial charge in [0.25, 0.3) is 0 Å². The summed E-state index contributed by atoms with van der Waals surface area (Å²) in [5, 5.41) is 0. The lowest BCUT2D eigenvalue weighted by molar-refractivity contribution is -0.290. The van der Waals surface area contributed by atoms with Crippen molar-refractivity contribution < 1.29 is 31.5 Å². The van der Waals surface area contributed by atoms with E-state index in [0.29, 0.717) is 10.8 Å². The summed E-state index contributed by atoms with van der Waals surface area (Å²) in [6, 6.07) is 3.72. The average Bonchev–Trinajstić information content (AvgIpc) is 2.25. The lowest BCUT2D eigenvalue weighted by Gasteiger charge is -2.20. The third-order valence-corrected chi connectivity index (χ3v) is 2.42. The summed E-state index contributed by atoms with van der Waals surface area (Å²) in [4.78, 5) is 10.6. The fraction of sp³-hybridized carbons (Fsp3) is 0.300. The number of rotatable bonds is 4. The van der Waals surface area contributed by atoms with Crippen LogP contribution in [0.25, 0.3) is 0 Å². The van der Waals surface area contributed by atoms with Gasteiger partial charge in [-0.1, -0.05) is 15.9 Å². The second kappa shape index (κ2) is 5.21. The third kappa shape index (κ3) is 3.41. The van der Waals surface area contributed by atoms with Crippen molar-refractivity contribution in [2.45, 2.75) is 12.1 Å². The van der Waals surface area contributed by atoms with Crippen LogP contribution in [0.4, 0.5) is 22.0 Å². The van der Waals surface area contributed by atoms with Crippen molar-refractivity contribution in [1.82, 2.24) is 0 Å². The zero-order chi connectivity index (χ0) is 14.0. The standard InChI is InChI=1S/C10H6BrF5O2/c11-7-1-2-8(6(3-7)4-17)18-5-9(12,13)10(14,15)16/h1-4H,5H2. The number of carbonyl (C=O) groups is 1. The van der Waals surface area contributed by atoms with Crippen LogP contribution in [0.1, 0.15) is 10.4 Å². The van der Waals surface area contributed by atoms with Gasteiger partial charge < -0.3 is 4.74 Å².